The van der Waals surface area contributed by atoms with Gasteiger partial charge >= 0.3 is 0 Å². The van der Waals surface area contributed by atoms with Crippen LogP contribution in [0.2, 0.25) is 0 Å². The number of aryl methyl sites for hydroxylation is 1. The van der Waals surface area contributed by atoms with E-state index in [2.05, 4.69) is 79.2 Å². The SMILES string of the molecule is Cc1ccnc(C2(C)CC3=C(C=C2O)N(c2ccccc2)C2=CC=CC(C)C23)c1. The van der Waals surface area contributed by atoms with Crippen LogP contribution in [0, 0.1) is 18.8 Å². The summed E-state index contributed by atoms with van der Waals surface area (Å²) in [6.07, 6.45) is 11.3. The lowest BCUT2D eigenvalue weighted by Gasteiger charge is -2.34. The number of aliphatic hydroxyl groups is 1. The predicted octanol–water partition coefficient (Wildman–Crippen LogP) is 5.97. The van der Waals surface area contributed by atoms with E-state index in [0.717, 1.165) is 29.1 Å². The zero-order valence-corrected chi connectivity index (χ0v) is 17.1. The van der Waals surface area contributed by atoms with Gasteiger partial charge in [0.2, 0.25) is 0 Å². The lowest BCUT2D eigenvalue weighted by atomic mass is 9.70. The zero-order chi connectivity index (χ0) is 20.2. The number of rotatable bonds is 2. The van der Waals surface area contributed by atoms with Crippen LogP contribution in [0.4, 0.5) is 5.69 Å². The predicted molar refractivity (Wildman–Crippen MR) is 117 cm³/mol. The molecule has 3 heteroatoms. The molecule has 0 saturated heterocycles. The summed E-state index contributed by atoms with van der Waals surface area (Å²) in [6.45, 7) is 6.47. The summed E-state index contributed by atoms with van der Waals surface area (Å²) in [6, 6.07) is 14.6. The lowest BCUT2D eigenvalue weighted by Crippen LogP contribution is -2.31. The average Bonchev–Trinajstić information content (AvgIpc) is 3.03. The molecule has 5 rings (SSSR count). The maximum atomic E-state index is 11.2. The van der Waals surface area contributed by atoms with Crippen molar-refractivity contribution in [3.05, 3.63) is 107 Å². The van der Waals surface area contributed by atoms with Crippen molar-refractivity contribution in [2.45, 2.75) is 32.6 Å². The average molecular weight is 383 g/mol. The van der Waals surface area contributed by atoms with Crippen molar-refractivity contribution in [2.75, 3.05) is 4.90 Å². The summed E-state index contributed by atoms with van der Waals surface area (Å²) in [4.78, 5) is 6.95. The number of benzene rings is 1. The Hall–Kier alpha value is -3.07. The number of pyridine rings is 1. The number of para-hydroxylation sites is 1. The fourth-order valence-electron chi connectivity index (χ4n) is 5.01. The molecule has 0 fully saturated rings. The summed E-state index contributed by atoms with van der Waals surface area (Å²) in [5.41, 5.74) is 6.52. The van der Waals surface area contributed by atoms with Crippen molar-refractivity contribution in [3.8, 4) is 0 Å². The number of aliphatic hydroxyl groups excluding tert-OH is 1. The fraction of sp³-hybridized carbons (Fsp3) is 0.269. The van der Waals surface area contributed by atoms with E-state index in [9.17, 15) is 5.11 Å². The topological polar surface area (TPSA) is 36.4 Å². The molecule has 2 aromatic rings. The van der Waals surface area contributed by atoms with E-state index >= 15 is 0 Å². The molecular weight excluding hydrogens is 356 g/mol. The number of aromatic nitrogens is 1. The van der Waals surface area contributed by atoms with Crippen molar-refractivity contribution in [1.82, 2.24) is 4.98 Å². The van der Waals surface area contributed by atoms with Gasteiger partial charge < -0.3 is 10.0 Å². The van der Waals surface area contributed by atoms with Gasteiger partial charge in [0.15, 0.2) is 0 Å². The third-order valence-electron chi connectivity index (χ3n) is 6.61. The van der Waals surface area contributed by atoms with Crippen LogP contribution >= 0.6 is 0 Å². The molecule has 0 radical (unpaired) electrons. The molecule has 0 amide bonds. The van der Waals surface area contributed by atoms with Crippen LogP contribution in [-0.2, 0) is 5.41 Å². The highest BCUT2D eigenvalue weighted by molar-refractivity contribution is 5.70. The number of anilines is 1. The standard InChI is InChI=1S/C26H26N2O/c1-17-12-13-27-23(14-17)26(3)16-20-22(15-24(26)29)28(19-9-5-4-6-10-19)21-11-7-8-18(2)25(20)21/h4-15,18,25,29H,16H2,1-3H3. The molecule has 3 atom stereocenters. The molecule has 1 aliphatic heterocycles. The van der Waals surface area contributed by atoms with E-state index in [1.807, 2.05) is 24.4 Å². The van der Waals surface area contributed by atoms with Gasteiger partial charge in [-0.25, -0.2) is 0 Å². The van der Waals surface area contributed by atoms with Gasteiger partial charge in [-0.3, -0.25) is 4.98 Å². The van der Waals surface area contributed by atoms with Crippen LogP contribution in [0.25, 0.3) is 0 Å². The monoisotopic (exact) mass is 382 g/mol. The fourth-order valence-corrected chi connectivity index (χ4v) is 5.01. The molecule has 0 saturated carbocycles. The first-order chi connectivity index (χ1) is 14.0. The van der Waals surface area contributed by atoms with E-state index in [-0.39, 0.29) is 0 Å². The van der Waals surface area contributed by atoms with Gasteiger partial charge in [0.05, 0.1) is 11.1 Å². The summed E-state index contributed by atoms with van der Waals surface area (Å²) in [5, 5.41) is 11.2. The van der Waals surface area contributed by atoms with E-state index in [1.165, 1.54) is 11.3 Å². The molecule has 3 unspecified atom stereocenters. The normalized spacial score (nSPS) is 28.0. The van der Waals surface area contributed by atoms with Gasteiger partial charge in [0, 0.05) is 35.3 Å². The number of nitrogens with zero attached hydrogens (tertiary/aromatic N) is 2. The van der Waals surface area contributed by atoms with Gasteiger partial charge in [0.1, 0.15) is 5.76 Å². The van der Waals surface area contributed by atoms with Crippen LogP contribution in [0.5, 0.6) is 0 Å². The quantitative estimate of drug-likeness (QED) is 0.695. The van der Waals surface area contributed by atoms with Crippen molar-refractivity contribution in [2.24, 2.45) is 11.8 Å². The first-order valence-corrected chi connectivity index (χ1v) is 10.3. The Morgan fingerprint density at radius 2 is 1.97 bits per heavy atom. The van der Waals surface area contributed by atoms with Gasteiger partial charge in [0.25, 0.3) is 0 Å². The summed E-state index contributed by atoms with van der Waals surface area (Å²) >= 11 is 0. The molecule has 29 heavy (non-hydrogen) atoms. The van der Waals surface area contributed by atoms with Crippen LogP contribution in [0.1, 0.15) is 31.5 Å². The third kappa shape index (κ3) is 2.68. The Labute approximate surface area is 172 Å². The molecule has 1 N–H and O–H groups in total. The van der Waals surface area contributed by atoms with Gasteiger partial charge in [-0.15, -0.1) is 0 Å². The third-order valence-corrected chi connectivity index (χ3v) is 6.61. The number of fused-ring (bicyclic) bond motifs is 2. The Balaban J connectivity index is 1.66. The van der Waals surface area contributed by atoms with E-state index in [4.69, 9.17) is 0 Å². The van der Waals surface area contributed by atoms with Crippen LogP contribution in [0.15, 0.2) is 95.7 Å². The van der Waals surface area contributed by atoms with Crippen molar-refractivity contribution < 1.29 is 5.11 Å². The highest BCUT2D eigenvalue weighted by atomic mass is 16.3. The summed E-state index contributed by atoms with van der Waals surface area (Å²) in [7, 11) is 0. The second kappa shape index (κ2) is 6.48. The second-order valence-corrected chi connectivity index (χ2v) is 8.65. The molecule has 1 aromatic carbocycles. The maximum absolute atomic E-state index is 11.2. The van der Waals surface area contributed by atoms with Crippen LogP contribution in [0.3, 0.4) is 0 Å². The summed E-state index contributed by atoms with van der Waals surface area (Å²) in [5.74, 6) is 1.12. The minimum Gasteiger partial charge on any atom is -0.511 e. The molecule has 0 bridgehead atoms. The molecule has 2 heterocycles. The number of hydrogen-bond donors (Lipinski definition) is 1. The van der Waals surface area contributed by atoms with Crippen LogP contribution < -0.4 is 4.90 Å². The first-order valence-electron chi connectivity index (χ1n) is 10.3. The summed E-state index contributed by atoms with van der Waals surface area (Å²) < 4.78 is 0. The molecule has 3 aliphatic rings. The van der Waals surface area contributed by atoms with Crippen LogP contribution in [-0.4, -0.2) is 10.1 Å². The number of allylic oxidation sites excluding steroid dienone is 6. The Morgan fingerprint density at radius 3 is 2.72 bits per heavy atom. The second-order valence-electron chi connectivity index (χ2n) is 8.65. The molecule has 146 valence electrons. The van der Waals surface area contributed by atoms with Crippen molar-refractivity contribution in [1.29, 1.82) is 0 Å². The smallest absolute Gasteiger partial charge is 0.106 e. The molecule has 0 spiro atoms. The van der Waals surface area contributed by atoms with Gasteiger partial charge in [-0.2, -0.15) is 0 Å². The van der Waals surface area contributed by atoms with Crippen molar-refractivity contribution >= 4 is 5.69 Å². The van der Waals surface area contributed by atoms with E-state index < -0.39 is 5.41 Å². The van der Waals surface area contributed by atoms with Crippen molar-refractivity contribution in [3.63, 3.8) is 0 Å². The van der Waals surface area contributed by atoms with E-state index in [1.54, 1.807) is 0 Å². The first kappa shape index (κ1) is 18.0. The minimum atomic E-state index is -0.510. The Kier molecular flexibility index (Phi) is 4.02. The molecular formula is C26H26N2O. The zero-order valence-electron chi connectivity index (χ0n) is 17.1. The Bertz CT molecular complexity index is 1090. The molecule has 2 aliphatic carbocycles. The molecule has 1 aromatic heterocycles. The largest absolute Gasteiger partial charge is 0.511 e. The van der Waals surface area contributed by atoms with Gasteiger partial charge in [-0.05, 0) is 67.7 Å². The number of hydrogen-bond acceptors (Lipinski definition) is 3. The Morgan fingerprint density at radius 1 is 1.17 bits per heavy atom. The molecule has 3 nitrogen and oxygen atoms in total. The minimum absolute atomic E-state index is 0.323. The maximum Gasteiger partial charge on any atom is 0.106 e. The highest BCUT2D eigenvalue weighted by Crippen LogP contribution is 2.54. The van der Waals surface area contributed by atoms with Gasteiger partial charge in [-0.1, -0.05) is 37.3 Å². The van der Waals surface area contributed by atoms with E-state index in [0.29, 0.717) is 17.6 Å². The lowest BCUT2D eigenvalue weighted by molar-refractivity contribution is 0.290. The highest BCUT2D eigenvalue weighted by Gasteiger charge is 2.47.